The fourth-order valence-electron chi connectivity index (χ4n) is 1.62. The quantitative estimate of drug-likeness (QED) is 0.829. The van der Waals surface area contributed by atoms with Crippen molar-refractivity contribution in [2.75, 3.05) is 7.05 Å². The number of carboxylic acid groups (broad SMARTS) is 1. The lowest BCUT2D eigenvalue weighted by molar-refractivity contribution is -0.131. The fraction of sp³-hybridized carbons (Fsp3) is 0.333. The number of hydrogen-bond donors (Lipinski definition) is 1. The molecule has 1 unspecified atom stereocenters. The maximum absolute atomic E-state index is 12.2. The van der Waals surface area contributed by atoms with Crippen molar-refractivity contribution in [1.29, 1.82) is 0 Å². The molecule has 0 saturated carbocycles. The first-order valence-corrected chi connectivity index (χ1v) is 6.24. The summed E-state index contributed by atoms with van der Waals surface area (Å²) < 4.78 is 0. The minimum atomic E-state index is -1.01. The number of rotatable bonds is 5. The van der Waals surface area contributed by atoms with Crippen molar-refractivity contribution >= 4 is 18.0 Å². The van der Waals surface area contributed by atoms with Gasteiger partial charge in [0, 0.05) is 24.7 Å². The molecule has 1 aromatic carbocycles. The van der Waals surface area contributed by atoms with Gasteiger partial charge < -0.3 is 10.0 Å². The Hall–Kier alpha value is -2.10. The summed E-state index contributed by atoms with van der Waals surface area (Å²) in [6.07, 6.45) is 3.42. The second-order valence-corrected chi connectivity index (χ2v) is 4.47. The van der Waals surface area contributed by atoms with E-state index in [0.717, 1.165) is 12.5 Å². The van der Waals surface area contributed by atoms with Crippen LogP contribution in [0.3, 0.4) is 0 Å². The molecular weight excluding hydrogens is 242 g/mol. The van der Waals surface area contributed by atoms with Gasteiger partial charge in [-0.15, -0.1) is 0 Å². The number of benzene rings is 1. The summed E-state index contributed by atoms with van der Waals surface area (Å²) in [4.78, 5) is 24.4. The van der Waals surface area contributed by atoms with E-state index in [1.54, 1.807) is 36.2 Å². The minimum Gasteiger partial charge on any atom is -0.478 e. The second kappa shape index (κ2) is 6.73. The normalized spacial score (nSPS) is 12.4. The molecule has 0 spiro atoms. The SMILES string of the molecule is CCC(C)N(C)C(=O)c1cccc(C=CC(=O)O)c1. The molecule has 19 heavy (non-hydrogen) atoms. The van der Waals surface area contributed by atoms with Crippen LogP contribution >= 0.6 is 0 Å². The molecule has 0 heterocycles. The minimum absolute atomic E-state index is 0.0556. The standard InChI is InChI=1S/C15H19NO3/c1-4-11(2)16(3)15(19)13-7-5-6-12(10-13)8-9-14(17)18/h5-11H,4H2,1-3H3,(H,17,18). The average molecular weight is 261 g/mol. The number of carbonyl (C=O) groups is 2. The first kappa shape index (κ1) is 15.0. The number of aliphatic carboxylic acids is 1. The van der Waals surface area contributed by atoms with Crippen LogP contribution in [-0.4, -0.2) is 35.0 Å². The van der Waals surface area contributed by atoms with Crippen molar-refractivity contribution in [1.82, 2.24) is 4.90 Å². The molecule has 4 heteroatoms. The van der Waals surface area contributed by atoms with E-state index < -0.39 is 5.97 Å². The highest BCUT2D eigenvalue weighted by Gasteiger charge is 2.15. The molecule has 1 amide bonds. The lowest BCUT2D eigenvalue weighted by Crippen LogP contribution is -2.34. The van der Waals surface area contributed by atoms with Crippen LogP contribution in [-0.2, 0) is 4.79 Å². The molecule has 0 fully saturated rings. The van der Waals surface area contributed by atoms with Crippen LogP contribution in [0.15, 0.2) is 30.3 Å². The number of hydrogen-bond acceptors (Lipinski definition) is 2. The Kier molecular flexibility index (Phi) is 5.30. The van der Waals surface area contributed by atoms with E-state index in [4.69, 9.17) is 5.11 Å². The van der Waals surface area contributed by atoms with Crippen LogP contribution in [0, 0.1) is 0 Å². The predicted octanol–water partition coefficient (Wildman–Crippen LogP) is 2.65. The Balaban J connectivity index is 2.93. The third kappa shape index (κ3) is 4.25. The fourth-order valence-corrected chi connectivity index (χ4v) is 1.62. The van der Waals surface area contributed by atoms with Gasteiger partial charge in [-0.25, -0.2) is 4.79 Å². The van der Waals surface area contributed by atoms with E-state index in [1.165, 1.54) is 6.08 Å². The molecule has 0 bridgehead atoms. The van der Waals surface area contributed by atoms with Crippen LogP contribution in [0.5, 0.6) is 0 Å². The molecule has 0 aliphatic heterocycles. The third-order valence-corrected chi connectivity index (χ3v) is 3.12. The molecular formula is C15H19NO3. The Morgan fingerprint density at radius 1 is 1.42 bits per heavy atom. The highest BCUT2D eigenvalue weighted by molar-refractivity contribution is 5.95. The molecule has 1 aromatic rings. The highest BCUT2D eigenvalue weighted by atomic mass is 16.4. The van der Waals surface area contributed by atoms with Gasteiger partial charge in [-0.05, 0) is 37.1 Å². The van der Waals surface area contributed by atoms with Gasteiger partial charge in [-0.2, -0.15) is 0 Å². The smallest absolute Gasteiger partial charge is 0.328 e. The zero-order valence-corrected chi connectivity index (χ0v) is 11.5. The van der Waals surface area contributed by atoms with E-state index in [1.807, 2.05) is 13.8 Å². The van der Waals surface area contributed by atoms with E-state index >= 15 is 0 Å². The van der Waals surface area contributed by atoms with Crippen molar-refractivity contribution < 1.29 is 14.7 Å². The lowest BCUT2D eigenvalue weighted by atomic mass is 10.1. The van der Waals surface area contributed by atoms with Gasteiger partial charge >= 0.3 is 5.97 Å². The van der Waals surface area contributed by atoms with Crippen molar-refractivity contribution in [2.45, 2.75) is 26.3 Å². The van der Waals surface area contributed by atoms with Crippen molar-refractivity contribution in [2.24, 2.45) is 0 Å². The zero-order chi connectivity index (χ0) is 14.4. The summed E-state index contributed by atoms with van der Waals surface area (Å²) in [5.74, 6) is -1.06. The maximum Gasteiger partial charge on any atom is 0.328 e. The van der Waals surface area contributed by atoms with Crippen LogP contribution in [0.1, 0.15) is 36.2 Å². The molecule has 1 atom stereocenters. The lowest BCUT2D eigenvalue weighted by Gasteiger charge is -2.24. The van der Waals surface area contributed by atoms with Gasteiger partial charge in [0.15, 0.2) is 0 Å². The zero-order valence-electron chi connectivity index (χ0n) is 11.5. The van der Waals surface area contributed by atoms with Crippen molar-refractivity contribution in [3.05, 3.63) is 41.5 Å². The van der Waals surface area contributed by atoms with Crippen LogP contribution in [0.2, 0.25) is 0 Å². The van der Waals surface area contributed by atoms with Crippen molar-refractivity contribution in [3.63, 3.8) is 0 Å². The molecule has 4 nitrogen and oxygen atoms in total. The van der Waals surface area contributed by atoms with E-state index in [-0.39, 0.29) is 11.9 Å². The summed E-state index contributed by atoms with van der Waals surface area (Å²) in [7, 11) is 1.77. The third-order valence-electron chi connectivity index (χ3n) is 3.12. The van der Waals surface area contributed by atoms with Crippen LogP contribution < -0.4 is 0 Å². The number of amides is 1. The summed E-state index contributed by atoms with van der Waals surface area (Å²) >= 11 is 0. The number of nitrogens with zero attached hydrogens (tertiary/aromatic N) is 1. The Morgan fingerprint density at radius 2 is 2.11 bits per heavy atom. The average Bonchev–Trinajstić information content (AvgIpc) is 2.42. The van der Waals surface area contributed by atoms with Gasteiger partial charge in [-0.3, -0.25) is 4.79 Å². The van der Waals surface area contributed by atoms with Gasteiger partial charge in [-0.1, -0.05) is 19.1 Å². The summed E-state index contributed by atoms with van der Waals surface area (Å²) in [6.45, 7) is 4.02. The molecule has 102 valence electrons. The predicted molar refractivity (Wildman–Crippen MR) is 75.0 cm³/mol. The van der Waals surface area contributed by atoms with Crippen molar-refractivity contribution in [3.8, 4) is 0 Å². The molecule has 0 aromatic heterocycles. The van der Waals surface area contributed by atoms with E-state index in [2.05, 4.69) is 0 Å². The maximum atomic E-state index is 12.2. The number of carboxylic acids is 1. The van der Waals surface area contributed by atoms with Gasteiger partial charge in [0.1, 0.15) is 0 Å². The first-order valence-electron chi connectivity index (χ1n) is 6.24. The van der Waals surface area contributed by atoms with Gasteiger partial charge in [0.2, 0.25) is 0 Å². The summed E-state index contributed by atoms with van der Waals surface area (Å²) in [5, 5.41) is 8.58. The molecule has 1 N–H and O–H groups in total. The molecule has 0 aliphatic rings. The van der Waals surface area contributed by atoms with Gasteiger partial charge in [0.05, 0.1) is 0 Å². The largest absolute Gasteiger partial charge is 0.478 e. The summed E-state index contributed by atoms with van der Waals surface area (Å²) in [5.41, 5.74) is 1.26. The monoisotopic (exact) mass is 261 g/mol. The second-order valence-electron chi connectivity index (χ2n) is 4.47. The van der Waals surface area contributed by atoms with E-state index in [9.17, 15) is 9.59 Å². The first-order chi connectivity index (χ1) is 8.95. The molecule has 0 radical (unpaired) electrons. The van der Waals surface area contributed by atoms with Crippen LogP contribution in [0.4, 0.5) is 0 Å². The molecule has 0 aliphatic carbocycles. The number of carbonyl (C=O) groups excluding carboxylic acids is 1. The summed E-state index contributed by atoms with van der Waals surface area (Å²) in [6, 6.07) is 7.12. The Morgan fingerprint density at radius 3 is 2.68 bits per heavy atom. The Labute approximate surface area is 113 Å². The Bertz CT molecular complexity index is 494. The van der Waals surface area contributed by atoms with Gasteiger partial charge in [0.25, 0.3) is 5.91 Å². The van der Waals surface area contributed by atoms with Crippen LogP contribution in [0.25, 0.3) is 6.08 Å². The highest BCUT2D eigenvalue weighted by Crippen LogP contribution is 2.12. The molecule has 0 saturated heterocycles. The topological polar surface area (TPSA) is 57.6 Å². The van der Waals surface area contributed by atoms with E-state index in [0.29, 0.717) is 11.1 Å². The molecule has 1 rings (SSSR count).